The smallest absolute Gasteiger partial charge is 0.312 e. The van der Waals surface area contributed by atoms with Gasteiger partial charge in [0.05, 0.1) is 24.1 Å². The van der Waals surface area contributed by atoms with Gasteiger partial charge in [-0.2, -0.15) is 0 Å². The van der Waals surface area contributed by atoms with E-state index in [1.807, 2.05) is 20.9 Å². The van der Waals surface area contributed by atoms with E-state index in [0.29, 0.717) is 0 Å². The summed E-state index contributed by atoms with van der Waals surface area (Å²) < 4.78 is 14.0. The first-order valence-corrected chi connectivity index (χ1v) is 15.8. The van der Waals surface area contributed by atoms with Crippen molar-refractivity contribution in [2.75, 3.05) is 7.11 Å². The largest absolute Gasteiger partial charge is 0.469 e. The molecular weight excluding hydrogens is 466 g/mol. The minimum atomic E-state index is -1.94. The second-order valence-electron chi connectivity index (χ2n) is 12.4. The van der Waals surface area contributed by atoms with Gasteiger partial charge in [0.2, 0.25) is 0 Å². The van der Waals surface area contributed by atoms with Crippen LogP contribution >= 0.6 is 0 Å². The highest BCUT2D eigenvalue weighted by Crippen LogP contribution is 2.48. The number of hydrogen-bond acceptors (Lipinski definition) is 5. The molecule has 6 nitrogen and oxygen atoms in total. The number of ether oxygens (including phenoxy) is 1. The van der Waals surface area contributed by atoms with Gasteiger partial charge in [0, 0.05) is 13.0 Å². The van der Waals surface area contributed by atoms with E-state index < -0.39 is 13.7 Å². The molecule has 3 aromatic rings. The van der Waals surface area contributed by atoms with Crippen LogP contribution in [-0.2, 0) is 27.4 Å². The molecule has 0 aliphatic heterocycles. The minimum absolute atomic E-state index is 0.0892. The summed E-state index contributed by atoms with van der Waals surface area (Å²) in [4.78, 5) is 13.1. The Kier molecular flexibility index (Phi) is 6.71. The van der Waals surface area contributed by atoms with Crippen LogP contribution in [0.25, 0.3) is 11.0 Å². The fourth-order valence-corrected chi connectivity index (χ4v) is 6.65. The summed E-state index contributed by atoms with van der Waals surface area (Å²) >= 11 is 0. The summed E-state index contributed by atoms with van der Waals surface area (Å²) in [5, 5.41) is 8.78. The summed E-state index contributed by atoms with van der Waals surface area (Å²) in [5.41, 5.74) is 6.86. The summed E-state index contributed by atoms with van der Waals surface area (Å²) in [6.07, 6.45) is 2.11. The first kappa shape index (κ1) is 26.5. The number of rotatable bonds is 6. The topological polar surface area (TPSA) is 66.2 Å². The third-order valence-electron chi connectivity index (χ3n) is 8.59. The molecule has 0 radical (unpaired) electrons. The van der Waals surface area contributed by atoms with Crippen molar-refractivity contribution < 1.29 is 14.0 Å². The van der Waals surface area contributed by atoms with Crippen molar-refractivity contribution in [3.05, 3.63) is 58.1 Å². The van der Waals surface area contributed by atoms with Crippen LogP contribution in [0.4, 0.5) is 0 Å². The summed E-state index contributed by atoms with van der Waals surface area (Å²) in [6.45, 7) is 17.5. The monoisotopic (exact) mass is 507 g/mol. The Morgan fingerprint density at radius 2 is 1.83 bits per heavy atom. The molecule has 36 heavy (non-hydrogen) atoms. The quantitative estimate of drug-likeness (QED) is 0.277. The van der Waals surface area contributed by atoms with E-state index in [0.717, 1.165) is 40.6 Å². The number of methoxy groups -OCH3 is 1. The summed E-state index contributed by atoms with van der Waals surface area (Å²) in [7, 11) is 1.42. The van der Waals surface area contributed by atoms with Crippen LogP contribution < -0.4 is 0 Å². The normalized spacial score (nSPS) is 17.3. The summed E-state index contributed by atoms with van der Waals surface area (Å²) in [5.74, 6) is -0.448. The number of hydrogen-bond donors (Lipinski definition) is 0. The second kappa shape index (κ2) is 9.10. The van der Waals surface area contributed by atoms with Crippen LogP contribution in [0.5, 0.6) is 0 Å². The standard InChI is InChI=1S/C29H41N3O3Si/c1-18-21(14-15-23-26(18)30-31-32(23)7)25(29(5,6)27(33)34-8)20-12-11-19-13-16-24(22(19)17-20)35-36(9,10)28(2,3)4/h11-12,14-15,17,24-25H,13,16H2,1-10H3. The molecule has 0 saturated carbocycles. The molecule has 0 spiro atoms. The Morgan fingerprint density at radius 3 is 2.47 bits per heavy atom. The van der Waals surface area contributed by atoms with Gasteiger partial charge in [-0.25, -0.2) is 4.68 Å². The average molecular weight is 508 g/mol. The highest BCUT2D eigenvalue weighted by molar-refractivity contribution is 6.74. The van der Waals surface area contributed by atoms with Crippen LogP contribution in [0.2, 0.25) is 18.1 Å². The molecule has 2 unspecified atom stereocenters. The lowest BCUT2D eigenvalue weighted by atomic mass is 9.69. The number of carbonyl (C=O) groups is 1. The zero-order chi connectivity index (χ0) is 26.6. The molecule has 2 atom stereocenters. The average Bonchev–Trinajstić information content (AvgIpc) is 3.37. The molecule has 194 valence electrons. The fourth-order valence-electron chi connectivity index (χ4n) is 5.34. The van der Waals surface area contributed by atoms with Gasteiger partial charge < -0.3 is 9.16 Å². The van der Waals surface area contributed by atoms with Gasteiger partial charge in [0.15, 0.2) is 8.32 Å². The maximum Gasteiger partial charge on any atom is 0.312 e. The number of benzene rings is 2. The number of aromatic nitrogens is 3. The highest BCUT2D eigenvalue weighted by Gasteiger charge is 2.43. The predicted octanol–water partition coefficient (Wildman–Crippen LogP) is 6.62. The van der Waals surface area contributed by atoms with E-state index in [-0.39, 0.29) is 23.0 Å². The lowest BCUT2D eigenvalue weighted by molar-refractivity contribution is -0.151. The van der Waals surface area contributed by atoms with Crippen LogP contribution in [0.1, 0.15) is 80.9 Å². The van der Waals surface area contributed by atoms with Gasteiger partial charge in [-0.05, 0) is 85.6 Å². The van der Waals surface area contributed by atoms with Crippen LogP contribution in [-0.4, -0.2) is 36.4 Å². The molecule has 0 saturated heterocycles. The second-order valence-corrected chi connectivity index (χ2v) is 17.1. The van der Waals surface area contributed by atoms with Crippen molar-refractivity contribution in [1.82, 2.24) is 15.0 Å². The van der Waals surface area contributed by atoms with E-state index in [1.54, 1.807) is 4.68 Å². The van der Waals surface area contributed by atoms with Gasteiger partial charge in [0.25, 0.3) is 0 Å². The molecule has 7 heteroatoms. The zero-order valence-electron chi connectivity index (χ0n) is 23.5. The lowest BCUT2D eigenvalue weighted by Crippen LogP contribution is -2.41. The molecule has 0 amide bonds. The SMILES string of the molecule is COC(=O)C(C)(C)C(c1ccc2c(c1)C(O[Si](C)(C)C(C)(C)C)CC2)c1ccc2c(nnn2C)c1C. The number of esters is 1. The van der Waals surface area contributed by atoms with Crippen molar-refractivity contribution >= 4 is 25.3 Å². The molecule has 1 aromatic heterocycles. The first-order chi connectivity index (χ1) is 16.7. The Labute approximate surface area is 216 Å². The third-order valence-corrected chi connectivity index (χ3v) is 13.1. The van der Waals surface area contributed by atoms with E-state index in [2.05, 4.69) is 81.4 Å². The molecule has 4 rings (SSSR count). The number of carbonyl (C=O) groups excluding carboxylic acids is 1. The molecular formula is C29H41N3O3Si. The maximum atomic E-state index is 13.1. The molecule has 0 bridgehead atoms. The minimum Gasteiger partial charge on any atom is -0.469 e. The fraction of sp³-hybridized carbons (Fsp3) is 0.552. The van der Waals surface area contributed by atoms with E-state index in [1.165, 1.54) is 18.2 Å². The Morgan fingerprint density at radius 1 is 1.14 bits per heavy atom. The molecule has 1 aliphatic rings. The first-order valence-electron chi connectivity index (χ1n) is 12.9. The van der Waals surface area contributed by atoms with Gasteiger partial charge in [0.1, 0.15) is 5.52 Å². The third kappa shape index (κ3) is 4.41. The molecule has 1 heterocycles. The van der Waals surface area contributed by atoms with E-state index in [9.17, 15) is 4.79 Å². The van der Waals surface area contributed by atoms with Gasteiger partial charge >= 0.3 is 5.97 Å². The van der Waals surface area contributed by atoms with Gasteiger partial charge in [-0.1, -0.05) is 50.3 Å². The van der Waals surface area contributed by atoms with Crippen molar-refractivity contribution in [3.63, 3.8) is 0 Å². The van der Waals surface area contributed by atoms with E-state index >= 15 is 0 Å². The number of nitrogens with zero attached hydrogens (tertiary/aromatic N) is 3. The molecule has 0 fully saturated rings. The summed E-state index contributed by atoms with van der Waals surface area (Å²) in [6, 6.07) is 10.9. The van der Waals surface area contributed by atoms with Gasteiger partial charge in [-0.3, -0.25) is 4.79 Å². The molecule has 1 aliphatic carbocycles. The highest BCUT2D eigenvalue weighted by atomic mass is 28.4. The number of fused-ring (bicyclic) bond motifs is 2. The van der Waals surface area contributed by atoms with Crippen LogP contribution in [0.3, 0.4) is 0 Å². The predicted molar refractivity (Wildman–Crippen MR) is 147 cm³/mol. The lowest BCUT2D eigenvalue weighted by Gasteiger charge is -2.39. The van der Waals surface area contributed by atoms with Crippen molar-refractivity contribution in [2.45, 2.75) is 84.5 Å². The molecule has 0 N–H and O–H groups in total. The zero-order valence-corrected chi connectivity index (χ0v) is 24.5. The number of aryl methyl sites for hydroxylation is 3. The van der Waals surface area contributed by atoms with Crippen LogP contribution in [0, 0.1) is 12.3 Å². The Bertz CT molecular complexity index is 1300. The Balaban J connectivity index is 1.85. The maximum absolute atomic E-state index is 13.1. The van der Waals surface area contributed by atoms with Gasteiger partial charge in [-0.15, -0.1) is 5.10 Å². The van der Waals surface area contributed by atoms with Crippen molar-refractivity contribution in [3.8, 4) is 0 Å². The van der Waals surface area contributed by atoms with Crippen LogP contribution in [0.15, 0.2) is 30.3 Å². The van der Waals surface area contributed by atoms with Crippen molar-refractivity contribution in [2.24, 2.45) is 12.5 Å². The Hall–Kier alpha value is -2.51. The van der Waals surface area contributed by atoms with E-state index in [4.69, 9.17) is 9.16 Å². The molecule has 2 aromatic carbocycles. The van der Waals surface area contributed by atoms with Crippen molar-refractivity contribution in [1.29, 1.82) is 0 Å².